The summed E-state index contributed by atoms with van der Waals surface area (Å²) in [5, 5.41) is 2.80. The van der Waals surface area contributed by atoms with E-state index in [1.165, 1.54) is 12.3 Å². The zero-order valence-corrected chi connectivity index (χ0v) is 22.9. The van der Waals surface area contributed by atoms with E-state index in [2.05, 4.69) is 14.7 Å². The molecule has 1 unspecified atom stereocenters. The Morgan fingerprint density at radius 3 is 2.57 bits per heavy atom. The molecule has 1 saturated heterocycles. The molecule has 0 radical (unpaired) electrons. The van der Waals surface area contributed by atoms with Crippen LogP contribution in [0.15, 0.2) is 39.7 Å². The summed E-state index contributed by atoms with van der Waals surface area (Å²) in [6.07, 6.45) is 1.79. The summed E-state index contributed by atoms with van der Waals surface area (Å²) in [6.45, 7) is 9.11. The minimum Gasteiger partial charge on any atom is -0.442 e. The molecule has 1 aliphatic heterocycles. The number of alkyl halides is 2. The molecule has 1 aliphatic rings. The highest BCUT2D eigenvalue weighted by Crippen LogP contribution is 2.32. The van der Waals surface area contributed by atoms with E-state index in [1.807, 2.05) is 6.92 Å². The van der Waals surface area contributed by atoms with Crippen molar-refractivity contribution in [3.05, 3.63) is 47.2 Å². The quantitative estimate of drug-likeness (QED) is 0.517. The lowest BCUT2D eigenvalue weighted by Crippen LogP contribution is -2.30. The average Bonchev–Trinajstić information content (AvgIpc) is 2.94. The first-order valence-electron chi connectivity index (χ1n) is 12.0. The number of benzene rings is 1. The molecule has 202 valence electrons. The fraction of sp³-hybridized carbons (Fsp3) is 0.500. The third-order valence-corrected chi connectivity index (χ3v) is 7.61. The number of carbonyl (C=O) groups excluding carboxylic acids is 2. The SMILES string of the molecule is Cc1cnc(N2CCCC(F)(F)CC2)c(C(=O)Nc2cccc(S(C)(=O)=NC(=O)OC(C)(C)C)c2)c1C. The molecule has 1 aromatic carbocycles. The lowest BCUT2D eigenvalue weighted by molar-refractivity contribution is -0.0102. The standard InChI is InChI=1S/C26H34F2N4O4S/c1-17-16-29-22(32-13-8-11-26(27,28)12-14-32)21(18(17)2)23(33)30-19-9-7-10-20(15-19)37(6,35)31-24(34)36-25(3,4)5/h7,9-10,15-16H,8,11-14H2,1-6H3,(H,30,33). The van der Waals surface area contributed by atoms with E-state index in [-0.39, 0.29) is 30.7 Å². The third kappa shape index (κ3) is 7.47. The molecule has 1 atom stereocenters. The fourth-order valence-corrected chi connectivity index (χ4v) is 5.05. The van der Waals surface area contributed by atoms with Gasteiger partial charge in [0.05, 0.1) is 15.3 Å². The Morgan fingerprint density at radius 2 is 1.89 bits per heavy atom. The Hall–Kier alpha value is -3.08. The van der Waals surface area contributed by atoms with Crippen LogP contribution in [0.2, 0.25) is 0 Å². The van der Waals surface area contributed by atoms with E-state index in [9.17, 15) is 22.6 Å². The van der Waals surface area contributed by atoms with Crippen LogP contribution in [0.3, 0.4) is 0 Å². The molecule has 1 fully saturated rings. The largest absolute Gasteiger partial charge is 0.442 e. The molecule has 0 spiro atoms. The molecule has 2 heterocycles. The number of ether oxygens (including phenoxy) is 1. The molecule has 0 bridgehead atoms. The van der Waals surface area contributed by atoms with Crippen LogP contribution in [-0.4, -0.2) is 52.1 Å². The summed E-state index contributed by atoms with van der Waals surface area (Å²) in [4.78, 5) is 32.0. The van der Waals surface area contributed by atoms with Crippen molar-refractivity contribution in [2.24, 2.45) is 4.36 Å². The Balaban J connectivity index is 1.91. The molecule has 0 saturated carbocycles. The second kappa shape index (κ2) is 10.7. The summed E-state index contributed by atoms with van der Waals surface area (Å²) in [7, 11) is -3.15. The van der Waals surface area contributed by atoms with Crippen LogP contribution < -0.4 is 10.2 Å². The lowest BCUT2D eigenvalue weighted by Gasteiger charge is -2.25. The molecule has 3 rings (SSSR count). The van der Waals surface area contributed by atoms with Gasteiger partial charge in [-0.3, -0.25) is 4.79 Å². The predicted molar refractivity (Wildman–Crippen MR) is 140 cm³/mol. The number of hydrogen-bond donors (Lipinski definition) is 1. The molecule has 1 N–H and O–H groups in total. The first-order valence-corrected chi connectivity index (χ1v) is 14.0. The van der Waals surface area contributed by atoms with Gasteiger partial charge >= 0.3 is 6.09 Å². The van der Waals surface area contributed by atoms with Crippen LogP contribution in [0, 0.1) is 13.8 Å². The Kier molecular flexibility index (Phi) is 8.26. The third-order valence-electron chi connectivity index (χ3n) is 5.99. The van der Waals surface area contributed by atoms with Gasteiger partial charge in [0.2, 0.25) is 5.92 Å². The summed E-state index contributed by atoms with van der Waals surface area (Å²) >= 11 is 0. The number of rotatable bonds is 4. The number of aromatic nitrogens is 1. The van der Waals surface area contributed by atoms with Crippen molar-refractivity contribution in [1.82, 2.24) is 4.98 Å². The summed E-state index contributed by atoms with van der Waals surface area (Å²) < 4.78 is 50.0. The second-order valence-electron chi connectivity index (χ2n) is 10.3. The van der Waals surface area contributed by atoms with Crippen molar-refractivity contribution >= 4 is 33.2 Å². The number of halogens is 2. The molecule has 37 heavy (non-hydrogen) atoms. The van der Waals surface area contributed by atoms with E-state index in [4.69, 9.17) is 4.74 Å². The van der Waals surface area contributed by atoms with Gasteiger partial charge in [0, 0.05) is 49.0 Å². The van der Waals surface area contributed by atoms with Gasteiger partial charge in [-0.2, -0.15) is 0 Å². The van der Waals surface area contributed by atoms with E-state index < -0.39 is 33.3 Å². The molecular formula is C26H34F2N4O4S. The van der Waals surface area contributed by atoms with Gasteiger partial charge < -0.3 is 15.0 Å². The maximum atomic E-state index is 14.0. The van der Waals surface area contributed by atoms with Crippen molar-refractivity contribution in [3.8, 4) is 0 Å². The van der Waals surface area contributed by atoms with Crippen LogP contribution in [0.4, 0.5) is 25.1 Å². The smallest absolute Gasteiger partial charge is 0.442 e. The van der Waals surface area contributed by atoms with E-state index >= 15 is 0 Å². The molecule has 0 aliphatic carbocycles. The number of hydrogen-bond acceptors (Lipinski definition) is 6. The summed E-state index contributed by atoms with van der Waals surface area (Å²) in [6, 6.07) is 6.25. The van der Waals surface area contributed by atoms with Crippen molar-refractivity contribution < 1.29 is 27.3 Å². The Labute approximate surface area is 217 Å². The van der Waals surface area contributed by atoms with Gasteiger partial charge in [-0.05, 0) is 70.4 Å². The monoisotopic (exact) mass is 536 g/mol. The van der Waals surface area contributed by atoms with Crippen LogP contribution >= 0.6 is 0 Å². The van der Waals surface area contributed by atoms with Gasteiger partial charge in [-0.15, -0.1) is 4.36 Å². The van der Waals surface area contributed by atoms with Crippen molar-refractivity contribution in [3.63, 3.8) is 0 Å². The van der Waals surface area contributed by atoms with Crippen LogP contribution in [-0.2, 0) is 14.5 Å². The van der Waals surface area contributed by atoms with Gasteiger partial charge in [0.25, 0.3) is 5.91 Å². The van der Waals surface area contributed by atoms with Crippen LogP contribution in [0.25, 0.3) is 0 Å². The first kappa shape index (κ1) is 28.5. The van der Waals surface area contributed by atoms with E-state index in [1.54, 1.807) is 57.0 Å². The van der Waals surface area contributed by atoms with E-state index in [0.717, 1.165) is 5.56 Å². The highest BCUT2D eigenvalue weighted by molar-refractivity contribution is 7.93. The summed E-state index contributed by atoms with van der Waals surface area (Å²) in [5.74, 6) is -2.85. The van der Waals surface area contributed by atoms with E-state index in [0.29, 0.717) is 29.2 Å². The molecular weight excluding hydrogens is 502 g/mol. The second-order valence-corrected chi connectivity index (χ2v) is 12.6. The normalized spacial score (nSPS) is 17.4. The average molecular weight is 537 g/mol. The Bertz CT molecular complexity index is 1310. The number of pyridine rings is 1. The molecule has 8 nitrogen and oxygen atoms in total. The van der Waals surface area contributed by atoms with Gasteiger partial charge in [-0.1, -0.05) is 6.07 Å². The number of anilines is 2. The van der Waals surface area contributed by atoms with Crippen molar-refractivity contribution in [2.45, 2.75) is 70.3 Å². The fourth-order valence-electron chi connectivity index (χ4n) is 3.95. The Morgan fingerprint density at radius 1 is 1.19 bits per heavy atom. The van der Waals surface area contributed by atoms with Gasteiger partial charge in [0.1, 0.15) is 11.4 Å². The van der Waals surface area contributed by atoms with Crippen LogP contribution in [0.1, 0.15) is 61.5 Å². The summed E-state index contributed by atoms with van der Waals surface area (Å²) in [5.41, 5.74) is 1.33. The predicted octanol–water partition coefficient (Wildman–Crippen LogP) is 5.97. The van der Waals surface area contributed by atoms with Gasteiger partial charge in [0.15, 0.2) is 0 Å². The molecule has 2 amide bonds. The maximum Gasteiger partial charge on any atom is 0.442 e. The molecule has 2 aromatic rings. The number of carbonyl (C=O) groups is 2. The molecule has 1 aromatic heterocycles. The lowest BCUT2D eigenvalue weighted by atomic mass is 10.0. The zero-order chi connectivity index (χ0) is 27.6. The minimum absolute atomic E-state index is 0.0856. The number of amides is 2. The number of nitrogens with one attached hydrogen (secondary N) is 1. The molecule has 11 heteroatoms. The first-order chi connectivity index (χ1) is 17.1. The topological polar surface area (TPSA) is 101 Å². The van der Waals surface area contributed by atoms with Crippen molar-refractivity contribution in [2.75, 3.05) is 29.6 Å². The minimum atomic E-state index is -3.15. The van der Waals surface area contributed by atoms with Gasteiger partial charge in [-0.25, -0.2) is 22.8 Å². The maximum absolute atomic E-state index is 14.0. The van der Waals surface area contributed by atoms with Crippen LogP contribution in [0.5, 0.6) is 0 Å². The highest BCUT2D eigenvalue weighted by Gasteiger charge is 2.33. The number of nitrogens with zero attached hydrogens (tertiary/aromatic N) is 3. The zero-order valence-electron chi connectivity index (χ0n) is 22.1. The highest BCUT2D eigenvalue weighted by atomic mass is 32.2. The number of aryl methyl sites for hydroxylation is 1. The van der Waals surface area contributed by atoms with Crippen molar-refractivity contribution in [1.29, 1.82) is 0 Å².